The highest BCUT2D eigenvalue weighted by atomic mass is 32.3. The number of hydrogen-bond donors (Lipinski definition) is 0. The van der Waals surface area contributed by atoms with Gasteiger partial charge < -0.3 is 0 Å². The highest BCUT2D eigenvalue weighted by Gasteiger charge is 2.06. The summed E-state index contributed by atoms with van der Waals surface area (Å²) in [4.78, 5) is 0. The summed E-state index contributed by atoms with van der Waals surface area (Å²) >= 11 is 0. The van der Waals surface area contributed by atoms with Crippen molar-refractivity contribution in [3.8, 4) is 0 Å². The molecule has 0 saturated heterocycles. The van der Waals surface area contributed by atoms with Crippen molar-refractivity contribution in [2.75, 3.05) is 13.3 Å². The maximum absolute atomic E-state index is 10.4. The zero-order valence-electron chi connectivity index (χ0n) is 5.74. The van der Waals surface area contributed by atoms with Crippen LogP contribution in [0.2, 0.25) is 0 Å². The fourth-order valence-electron chi connectivity index (χ4n) is 0.282. The van der Waals surface area contributed by atoms with Crippen LogP contribution in [-0.2, 0) is 18.8 Å². The number of rotatable bonds is 5. The van der Waals surface area contributed by atoms with Crippen LogP contribution in [0, 0.1) is 0 Å². The Labute approximate surface area is 63.0 Å². The van der Waals surface area contributed by atoms with Crippen LogP contribution in [0.4, 0.5) is 0 Å². The van der Waals surface area contributed by atoms with Gasteiger partial charge in [-0.2, -0.15) is 8.42 Å². The van der Waals surface area contributed by atoms with E-state index in [0.717, 1.165) is 7.11 Å². The minimum absolute atomic E-state index is 0.222. The van der Waals surface area contributed by atoms with Gasteiger partial charge in [0.25, 0.3) is 0 Å². The summed E-state index contributed by atoms with van der Waals surface area (Å²) in [5.41, 5.74) is 1.70. The van der Waals surface area contributed by atoms with Crippen molar-refractivity contribution in [2.24, 2.45) is 0 Å². The van der Waals surface area contributed by atoms with Gasteiger partial charge in [-0.15, -0.1) is 12.3 Å². The van der Waals surface area contributed by atoms with E-state index in [0.29, 0.717) is 0 Å². The van der Waals surface area contributed by atoms with Gasteiger partial charge >= 0.3 is 10.4 Å². The van der Waals surface area contributed by atoms with Gasteiger partial charge in [0.15, 0.2) is 0 Å². The molecule has 0 saturated carbocycles. The summed E-state index contributed by atoms with van der Waals surface area (Å²) in [6.45, 7) is 3.45. The lowest BCUT2D eigenvalue weighted by molar-refractivity contribution is 0.274. The topological polar surface area (TPSA) is 52.6 Å². The molecule has 0 radical (unpaired) electrons. The molecule has 6 heteroatoms. The molecule has 0 aliphatic rings. The minimum atomic E-state index is -3.70. The standard InChI is InChI=1S/C4H10O4SSi/c1-3-10-4-8-9(5,6)7-2/h3H,1,4,10H2,2H3. The summed E-state index contributed by atoms with van der Waals surface area (Å²) in [5, 5.41) is 0. The normalized spacial score (nSPS) is 12.5. The third-order valence-corrected chi connectivity index (χ3v) is 2.76. The fourth-order valence-corrected chi connectivity index (χ4v) is 1.75. The molecule has 0 aliphatic heterocycles. The first-order chi connectivity index (χ1) is 4.62. The molecule has 0 aromatic heterocycles. The van der Waals surface area contributed by atoms with Crippen molar-refractivity contribution in [1.82, 2.24) is 0 Å². The predicted molar refractivity (Wildman–Crippen MR) is 40.6 cm³/mol. The van der Waals surface area contributed by atoms with E-state index in [1.54, 1.807) is 5.70 Å². The van der Waals surface area contributed by atoms with Gasteiger partial charge in [0.2, 0.25) is 0 Å². The smallest absolute Gasteiger partial charge is 0.252 e. The maximum atomic E-state index is 10.4. The van der Waals surface area contributed by atoms with E-state index in [4.69, 9.17) is 0 Å². The van der Waals surface area contributed by atoms with Gasteiger partial charge in [0.1, 0.15) is 0 Å². The molecule has 0 heterocycles. The molecule has 60 valence electrons. The molecule has 0 spiro atoms. The molecule has 0 aromatic rings. The number of hydrogen-bond acceptors (Lipinski definition) is 4. The van der Waals surface area contributed by atoms with Crippen molar-refractivity contribution < 1.29 is 16.8 Å². The van der Waals surface area contributed by atoms with Crippen LogP contribution in [0.5, 0.6) is 0 Å². The highest BCUT2D eigenvalue weighted by molar-refractivity contribution is 7.81. The molecular formula is C4H10O4SSi. The molecule has 0 aliphatic carbocycles. The van der Waals surface area contributed by atoms with Crippen LogP contribution in [0.15, 0.2) is 12.3 Å². The van der Waals surface area contributed by atoms with E-state index in [9.17, 15) is 8.42 Å². The minimum Gasteiger partial charge on any atom is -0.252 e. The van der Waals surface area contributed by atoms with Crippen molar-refractivity contribution in [2.45, 2.75) is 0 Å². The zero-order valence-corrected chi connectivity index (χ0v) is 7.97. The third kappa shape index (κ3) is 4.68. The Balaban J connectivity index is 3.58. The van der Waals surface area contributed by atoms with Gasteiger partial charge in [0, 0.05) is 0 Å². The van der Waals surface area contributed by atoms with Gasteiger partial charge in [-0.3, -0.25) is 8.37 Å². The van der Waals surface area contributed by atoms with E-state index in [1.165, 1.54) is 0 Å². The molecule has 0 aromatic carbocycles. The molecule has 0 atom stereocenters. The van der Waals surface area contributed by atoms with E-state index < -0.39 is 19.9 Å². The van der Waals surface area contributed by atoms with Gasteiger partial charge in [-0.1, -0.05) is 0 Å². The summed E-state index contributed by atoms with van der Waals surface area (Å²) in [6.07, 6.45) is 0.222. The Bertz CT molecular complexity index is 185. The Morgan fingerprint density at radius 2 is 2.30 bits per heavy atom. The predicted octanol–water partition coefficient (Wildman–Crippen LogP) is -0.836. The molecule has 0 amide bonds. The fraction of sp³-hybridized carbons (Fsp3) is 0.500. The van der Waals surface area contributed by atoms with Crippen molar-refractivity contribution in [3.05, 3.63) is 12.3 Å². The molecule has 10 heavy (non-hydrogen) atoms. The Morgan fingerprint density at radius 3 is 2.70 bits per heavy atom. The largest absolute Gasteiger partial charge is 0.399 e. The van der Waals surface area contributed by atoms with Crippen LogP contribution < -0.4 is 0 Å². The van der Waals surface area contributed by atoms with Gasteiger partial charge in [-0.05, 0) is 0 Å². The van der Waals surface area contributed by atoms with Crippen LogP contribution in [-0.4, -0.2) is 31.3 Å². The zero-order chi connectivity index (χ0) is 8.04. The molecular weight excluding hydrogens is 172 g/mol. The van der Waals surface area contributed by atoms with Gasteiger partial charge in [0.05, 0.1) is 22.9 Å². The highest BCUT2D eigenvalue weighted by Crippen LogP contribution is 1.90. The van der Waals surface area contributed by atoms with E-state index in [1.807, 2.05) is 0 Å². The van der Waals surface area contributed by atoms with Crippen LogP contribution in [0.25, 0.3) is 0 Å². The van der Waals surface area contributed by atoms with E-state index >= 15 is 0 Å². The first-order valence-electron chi connectivity index (χ1n) is 2.68. The maximum Gasteiger partial charge on any atom is 0.399 e. The first-order valence-corrected chi connectivity index (χ1v) is 5.83. The molecule has 0 bridgehead atoms. The second-order valence-electron chi connectivity index (χ2n) is 1.47. The monoisotopic (exact) mass is 182 g/mol. The average Bonchev–Trinajstić information content (AvgIpc) is 1.89. The molecule has 0 unspecified atom stereocenters. The van der Waals surface area contributed by atoms with Crippen molar-refractivity contribution >= 4 is 19.9 Å². The van der Waals surface area contributed by atoms with Gasteiger partial charge in [-0.25, -0.2) is 0 Å². The lowest BCUT2D eigenvalue weighted by Gasteiger charge is -1.98. The third-order valence-electron chi connectivity index (χ3n) is 0.754. The second kappa shape index (κ2) is 4.61. The Hall–Kier alpha value is -0.173. The molecule has 0 N–H and O–H groups in total. The second-order valence-corrected chi connectivity index (χ2v) is 4.42. The Morgan fingerprint density at radius 1 is 1.70 bits per heavy atom. The summed E-state index contributed by atoms with van der Waals surface area (Å²) in [7, 11) is -3.23. The SMILES string of the molecule is C=C[SiH2]COS(=O)(=O)OC. The molecule has 0 fully saturated rings. The van der Waals surface area contributed by atoms with E-state index in [2.05, 4.69) is 14.9 Å². The Kier molecular flexibility index (Phi) is 4.53. The van der Waals surface area contributed by atoms with Crippen molar-refractivity contribution in [3.63, 3.8) is 0 Å². The first kappa shape index (κ1) is 9.83. The lowest BCUT2D eigenvalue weighted by Crippen LogP contribution is -2.11. The quantitative estimate of drug-likeness (QED) is 0.411. The van der Waals surface area contributed by atoms with Crippen LogP contribution >= 0.6 is 0 Å². The lowest BCUT2D eigenvalue weighted by atomic mass is 11.3. The molecule has 0 rings (SSSR count). The molecule has 4 nitrogen and oxygen atoms in total. The van der Waals surface area contributed by atoms with Crippen LogP contribution in [0.1, 0.15) is 0 Å². The van der Waals surface area contributed by atoms with E-state index in [-0.39, 0.29) is 6.23 Å². The summed E-state index contributed by atoms with van der Waals surface area (Å²) in [5.74, 6) is 0. The summed E-state index contributed by atoms with van der Waals surface area (Å²) in [6, 6.07) is 0. The van der Waals surface area contributed by atoms with Crippen LogP contribution in [0.3, 0.4) is 0 Å². The average molecular weight is 182 g/mol. The van der Waals surface area contributed by atoms with Crippen molar-refractivity contribution in [1.29, 1.82) is 0 Å². The summed E-state index contributed by atoms with van der Waals surface area (Å²) < 4.78 is 29.2.